The first-order valence-corrected chi connectivity index (χ1v) is 4.99. The summed E-state index contributed by atoms with van der Waals surface area (Å²) in [6.07, 6.45) is 0. The molecule has 0 saturated heterocycles. The van der Waals surface area contributed by atoms with Crippen molar-refractivity contribution in [2.75, 3.05) is 0 Å². The predicted octanol–water partition coefficient (Wildman–Crippen LogP) is 2.80. The lowest BCUT2D eigenvalue weighted by atomic mass is 9.90. The minimum Gasteiger partial charge on any atom is -0.288 e. The average Bonchev–Trinajstić information content (AvgIpc) is 2.11. The zero-order valence-electron chi connectivity index (χ0n) is 8.15. The molecule has 1 rings (SSSR count). The lowest BCUT2D eigenvalue weighted by molar-refractivity contribution is -0.116. The topological polar surface area (TPSA) is 34.1 Å². The van der Waals surface area contributed by atoms with Gasteiger partial charge in [-0.3, -0.25) is 9.59 Å². The van der Waals surface area contributed by atoms with Gasteiger partial charge in [-0.1, -0.05) is 37.0 Å². The van der Waals surface area contributed by atoms with Gasteiger partial charge in [0.05, 0.1) is 10.1 Å². The number of Topliss-reactive ketones (excluding diaryl/α,β-unsaturated/α-hetero) is 2. The zero-order valence-corrected chi connectivity index (χ0v) is 9.66. The summed E-state index contributed by atoms with van der Waals surface area (Å²) in [4.78, 5) is 23.2. The molecular formula is C10H10Cl2O2. The number of ketones is 2. The van der Waals surface area contributed by atoms with Crippen molar-refractivity contribution in [2.45, 2.75) is 20.8 Å². The van der Waals surface area contributed by atoms with Gasteiger partial charge in [-0.2, -0.15) is 0 Å². The maximum atomic E-state index is 11.6. The fourth-order valence-electron chi connectivity index (χ4n) is 1.29. The van der Waals surface area contributed by atoms with E-state index in [1.807, 2.05) is 0 Å². The minimum absolute atomic E-state index is 0.00639. The Kier molecular flexibility index (Phi) is 3.17. The van der Waals surface area contributed by atoms with E-state index < -0.39 is 0 Å². The van der Waals surface area contributed by atoms with Gasteiger partial charge in [-0.05, 0) is 12.8 Å². The van der Waals surface area contributed by atoms with Crippen LogP contribution in [-0.2, 0) is 9.59 Å². The summed E-state index contributed by atoms with van der Waals surface area (Å²) < 4.78 is 0. The average molecular weight is 233 g/mol. The number of carbonyl (C=O) groups is 2. The van der Waals surface area contributed by atoms with Crippen LogP contribution in [0.25, 0.3) is 0 Å². The second-order valence-corrected chi connectivity index (χ2v) is 4.24. The highest BCUT2D eigenvalue weighted by Crippen LogP contribution is 2.32. The van der Waals surface area contributed by atoms with Crippen LogP contribution in [0, 0.1) is 5.92 Å². The van der Waals surface area contributed by atoms with E-state index in [9.17, 15) is 9.59 Å². The molecule has 1 aliphatic carbocycles. The quantitative estimate of drug-likeness (QED) is 0.652. The summed E-state index contributed by atoms with van der Waals surface area (Å²) in [6.45, 7) is 5.10. The molecule has 0 N–H and O–H groups in total. The molecule has 0 unspecified atom stereocenters. The smallest absolute Gasteiger partial charge is 0.202 e. The predicted molar refractivity (Wildman–Crippen MR) is 56.3 cm³/mol. The fraction of sp³-hybridized carbons (Fsp3) is 0.400. The molecule has 76 valence electrons. The van der Waals surface area contributed by atoms with Crippen molar-refractivity contribution in [1.29, 1.82) is 0 Å². The number of rotatable bonds is 1. The molecule has 0 aromatic carbocycles. The van der Waals surface area contributed by atoms with E-state index in [0.717, 1.165) is 0 Å². The van der Waals surface area contributed by atoms with Crippen LogP contribution in [0.5, 0.6) is 0 Å². The number of hydrogen-bond acceptors (Lipinski definition) is 2. The molecule has 0 amide bonds. The summed E-state index contributed by atoms with van der Waals surface area (Å²) in [5.41, 5.74) is 0.540. The Morgan fingerprint density at radius 2 is 1.50 bits per heavy atom. The second-order valence-electron chi connectivity index (χ2n) is 3.48. The van der Waals surface area contributed by atoms with E-state index in [1.165, 1.54) is 6.92 Å². The third-order valence-electron chi connectivity index (χ3n) is 2.13. The van der Waals surface area contributed by atoms with Gasteiger partial charge >= 0.3 is 0 Å². The molecule has 0 bridgehead atoms. The van der Waals surface area contributed by atoms with Gasteiger partial charge in [0, 0.05) is 11.1 Å². The molecule has 1 aliphatic rings. The van der Waals surface area contributed by atoms with E-state index in [4.69, 9.17) is 23.2 Å². The van der Waals surface area contributed by atoms with Crippen molar-refractivity contribution in [3.05, 3.63) is 21.2 Å². The maximum Gasteiger partial charge on any atom is 0.202 e. The number of carbonyl (C=O) groups excluding carboxylic acids is 2. The largest absolute Gasteiger partial charge is 0.288 e. The molecule has 0 aromatic heterocycles. The third kappa shape index (κ3) is 1.64. The van der Waals surface area contributed by atoms with E-state index in [0.29, 0.717) is 5.57 Å². The number of allylic oxidation sites excluding steroid dienone is 4. The standard InChI is InChI=1S/C10H10Cl2O2/c1-4(2)6-8(12)9(13)5(3)7(11)10(6)14/h4H,1-3H3. The maximum absolute atomic E-state index is 11.6. The van der Waals surface area contributed by atoms with Crippen LogP contribution >= 0.6 is 23.2 Å². The third-order valence-corrected chi connectivity index (χ3v) is 2.96. The Morgan fingerprint density at radius 1 is 1.00 bits per heavy atom. The first kappa shape index (κ1) is 11.5. The van der Waals surface area contributed by atoms with E-state index >= 15 is 0 Å². The van der Waals surface area contributed by atoms with Gasteiger partial charge in [0.2, 0.25) is 11.6 Å². The van der Waals surface area contributed by atoms with Gasteiger partial charge in [0.1, 0.15) is 0 Å². The van der Waals surface area contributed by atoms with E-state index in [-0.39, 0.29) is 33.1 Å². The normalized spacial score (nSPS) is 18.7. The molecule has 0 aliphatic heterocycles. The molecular weight excluding hydrogens is 223 g/mol. The highest BCUT2D eigenvalue weighted by molar-refractivity contribution is 6.56. The summed E-state index contributed by atoms with van der Waals surface area (Å²) in [6, 6.07) is 0. The molecule has 0 aromatic rings. The van der Waals surface area contributed by atoms with Crippen LogP contribution in [0.2, 0.25) is 0 Å². The van der Waals surface area contributed by atoms with Crippen LogP contribution in [0.15, 0.2) is 21.2 Å². The van der Waals surface area contributed by atoms with Crippen LogP contribution in [0.1, 0.15) is 20.8 Å². The highest BCUT2D eigenvalue weighted by atomic mass is 35.5. The molecule has 0 spiro atoms. The first-order valence-electron chi connectivity index (χ1n) is 4.23. The van der Waals surface area contributed by atoms with Gasteiger partial charge in [0.25, 0.3) is 0 Å². The van der Waals surface area contributed by atoms with Gasteiger partial charge in [-0.15, -0.1) is 0 Å². The molecule has 4 heteroatoms. The van der Waals surface area contributed by atoms with Crippen molar-refractivity contribution in [3.8, 4) is 0 Å². The molecule has 0 heterocycles. The molecule has 0 atom stereocenters. The Balaban J connectivity index is 3.34. The molecule has 0 radical (unpaired) electrons. The van der Waals surface area contributed by atoms with Crippen LogP contribution in [0.3, 0.4) is 0 Å². The van der Waals surface area contributed by atoms with Gasteiger partial charge in [0.15, 0.2) is 0 Å². The van der Waals surface area contributed by atoms with Gasteiger partial charge < -0.3 is 0 Å². The van der Waals surface area contributed by atoms with Crippen LogP contribution < -0.4 is 0 Å². The summed E-state index contributed by atoms with van der Waals surface area (Å²) in [7, 11) is 0. The van der Waals surface area contributed by atoms with Crippen molar-refractivity contribution in [1.82, 2.24) is 0 Å². The van der Waals surface area contributed by atoms with Crippen molar-refractivity contribution < 1.29 is 9.59 Å². The second kappa shape index (κ2) is 3.87. The van der Waals surface area contributed by atoms with Crippen LogP contribution in [-0.4, -0.2) is 11.6 Å². The summed E-state index contributed by atoms with van der Waals surface area (Å²) in [5, 5.41) is -0.00463. The van der Waals surface area contributed by atoms with Crippen molar-refractivity contribution >= 4 is 34.8 Å². The number of halogens is 2. The molecule has 2 nitrogen and oxygen atoms in total. The summed E-state index contributed by atoms with van der Waals surface area (Å²) in [5.74, 6) is -0.774. The monoisotopic (exact) mass is 232 g/mol. The molecule has 0 fully saturated rings. The van der Waals surface area contributed by atoms with E-state index in [2.05, 4.69) is 0 Å². The SMILES string of the molecule is CC1=C(Cl)C(=O)C(C(C)C)=C(Cl)C1=O. The molecule has 14 heavy (non-hydrogen) atoms. The van der Waals surface area contributed by atoms with E-state index in [1.54, 1.807) is 13.8 Å². The highest BCUT2D eigenvalue weighted by Gasteiger charge is 2.31. The summed E-state index contributed by atoms with van der Waals surface area (Å²) >= 11 is 11.5. The van der Waals surface area contributed by atoms with Crippen molar-refractivity contribution in [3.63, 3.8) is 0 Å². The Bertz CT molecular complexity index is 376. The Morgan fingerprint density at radius 3 is 1.93 bits per heavy atom. The number of hydrogen-bond donors (Lipinski definition) is 0. The first-order chi connectivity index (χ1) is 6.37. The lowest BCUT2D eigenvalue weighted by Gasteiger charge is -2.18. The zero-order chi connectivity index (χ0) is 11.0. The van der Waals surface area contributed by atoms with Gasteiger partial charge in [-0.25, -0.2) is 0 Å². The van der Waals surface area contributed by atoms with Crippen LogP contribution in [0.4, 0.5) is 0 Å². The Labute approximate surface area is 92.6 Å². The fourth-order valence-corrected chi connectivity index (χ4v) is 1.92. The molecule has 0 saturated carbocycles. The Hall–Kier alpha value is -0.600. The minimum atomic E-state index is -0.347. The lowest BCUT2D eigenvalue weighted by Crippen LogP contribution is -2.21. The van der Waals surface area contributed by atoms with Crippen molar-refractivity contribution in [2.24, 2.45) is 5.92 Å².